The normalized spacial score (nSPS) is 10.2. The molecular formula is C16H15BrN2OS. The van der Waals surface area contributed by atoms with Gasteiger partial charge < -0.3 is 10.6 Å². The van der Waals surface area contributed by atoms with E-state index < -0.39 is 0 Å². The Morgan fingerprint density at radius 1 is 1.14 bits per heavy atom. The van der Waals surface area contributed by atoms with Gasteiger partial charge in [-0.1, -0.05) is 40.3 Å². The Morgan fingerprint density at radius 2 is 1.71 bits per heavy atom. The first-order valence-electron chi connectivity index (χ1n) is 6.38. The van der Waals surface area contributed by atoms with Crippen LogP contribution in [-0.4, -0.2) is 17.9 Å². The van der Waals surface area contributed by atoms with Crippen LogP contribution in [0.15, 0.2) is 53.0 Å². The number of hydrogen-bond acceptors (Lipinski definition) is 2. The van der Waals surface area contributed by atoms with Gasteiger partial charge in [0.1, 0.15) is 4.99 Å². The zero-order valence-corrected chi connectivity index (χ0v) is 13.9. The predicted octanol–water partition coefficient (Wildman–Crippen LogP) is 3.29. The van der Waals surface area contributed by atoms with Gasteiger partial charge in [0, 0.05) is 22.8 Å². The van der Waals surface area contributed by atoms with Gasteiger partial charge in [0.05, 0.1) is 6.42 Å². The molecule has 0 fully saturated rings. The van der Waals surface area contributed by atoms with E-state index in [4.69, 9.17) is 18.0 Å². The number of hydrogen-bond donors (Lipinski definition) is 1. The Kier molecular flexibility index (Phi) is 5.09. The van der Waals surface area contributed by atoms with Crippen LogP contribution in [0.4, 0.5) is 5.69 Å². The number of nitrogens with zero attached hydrogens (tertiary/aromatic N) is 1. The van der Waals surface area contributed by atoms with Crippen molar-refractivity contribution >= 4 is 44.7 Å². The van der Waals surface area contributed by atoms with E-state index >= 15 is 0 Å². The number of carbonyl (C=O) groups is 1. The SMILES string of the molecule is CN(C(=O)Cc1ccc(Br)cc1)c1ccc(C(N)=S)cc1. The Bertz CT molecular complexity index is 653. The number of halogens is 1. The second-order valence-electron chi connectivity index (χ2n) is 4.67. The smallest absolute Gasteiger partial charge is 0.231 e. The van der Waals surface area contributed by atoms with E-state index in [1.807, 2.05) is 48.5 Å². The minimum Gasteiger partial charge on any atom is -0.389 e. The van der Waals surface area contributed by atoms with Crippen LogP contribution in [0.5, 0.6) is 0 Å². The van der Waals surface area contributed by atoms with Crippen molar-refractivity contribution in [2.75, 3.05) is 11.9 Å². The van der Waals surface area contributed by atoms with Crippen LogP contribution in [0.2, 0.25) is 0 Å². The summed E-state index contributed by atoms with van der Waals surface area (Å²) in [5.41, 5.74) is 8.15. The van der Waals surface area contributed by atoms with Crippen LogP contribution in [-0.2, 0) is 11.2 Å². The highest BCUT2D eigenvalue weighted by Gasteiger charge is 2.11. The molecule has 0 saturated carbocycles. The van der Waals surface area contributed by atoms with Crippen LogP contribution in [0.3, 0.4) is 0 Å². The lowest BCUT2D eigenvalue weighted by Gasteiger charge is -2.17. The van der Waals surface area contributed by atoms with Crippen LogP contribution < -0.4 is 10.6 Å². The molecule has 21 heavy (non-hydrogen) atoms. The number of thiocarbonyl (C=S) groups is 1. The minimum absolute atomic E-state index is 0.0281. The van der Waals surface area contributed by atoms with Crippen molar-refractivity contribution < 1.29 is 4.79 Å². The molecule has 0 atom stereocenters. The van der Waals surface area contributed by atoms with Crippen LogP contribution in [0.1, 0.15) is 11.1 Å². The number of likely N-dealkylation sites (N-methyl/N-ethyl adjacent to an activating group) is 1. The van der Waals surface area contributed by atoms with Gasteiger partial charge in [0.2, 0.25) is 5.91 Å². The maximum atomic E-state index is 12.3. The molecule has 108 valence electrons. The molecule has 2 aromatic carbocycles. The Morgan fingerprint density at radius 3 is 2.24 bits per heavy atom. The number of rotatable bonds is 4. The van der Waals surface area contributed by atoms with E-state index in [1.165, 1.54) is 0 Å². The molecule has 5 heteroatoms. The van der Waals surface area contributed by atoms with Crippen molar-refractivity contribution in [1.82, 2.24) is 0 Å². The maximum absolute atomic E-state index is 12.3. The van der Waals surface area contributed by atoms with E-state index in [2.05, 4.69) is 15.9 Å². The molecule has 2 rings (SSSR count). The van der Waals surface area contributed by atoms with E-state index in [0.717, 1.165) is 21.3 Å². The first kappa shape index (κ1) is 15.7. The van der Waals surface area contributed by atoms with Gasteiger partial charge in [-0.3, -0.25) is 4.79 Å². The van der Waals surface area contributed by atoms with Crippen molar-refractivity contribution in [3.63, 3.8) is 0 Å². The largest absolute Gasteiger partial charge is 0.389 e. The summed E-state index contributed by atoms with van der Waals surface area (Å²) < 4.78 is 1.00. The first-order valence-corrected chi connectivity index (χ1v) is 7.58. The van der Waals surface area contributed by atoms with Gasteiger partial charge in [-0.25, -0.2) is 0 Å². The van der Waals surface area contributed by atoms with Gasteiger partial charge in [0.25, 0.3) is 0 Å². The fourth-order valence-corrected chi connectivity index (χ4v) is 2.29. The van der Waals surface area contributed by atoms with Crippen LogP contribution in [0, 0.1) is 0 Å². The third kappa shape index (κ3) is 4.12. The van der Waals surface area contributed by atoms with Crippen LogP contribution in [0.25, 0.3) is 0 Å². The Labute approximate surface area is 137 Å². The molecular weight excluding hydrogens is 348 g/mol. The predicted molar refractivity (Wildman–Crippen MR) is 93.6 cm³/mol. The number of anilines is 1. The standard InChI is InChI=1S/C16H15BrN2OS/c1-19(14-8-4-12(5-9-14)16(18)21)15(20)10-11-2-6-13(17)7-3-11/h2-9H,10H2,1H3,(H2,18,21). The summed E-state index contributed by atoms with van der Waals surface area (Å²) in [5, 5.41) is 0. The molecule has 1 amide bonds. The Hall–Kier alpha value is -1.72. The van der Waals surface area contributed by atoms with Gasteiger partial charge in [-0.05, 0) is 42.0 Å². The highest BCUT2D eigenvalue weighted by atomic mass is 79.9. The Balaban J connectivity index is 2.08. The molecule has 0 aliphatic rings. The molecule has 0 unspecified atom stereocenters. The lowest BCUT2D eigenvalue weighted by molar-refractivity contribution is -0.117. The number of benzene rings is 2. The van der Waals surface area contributed by atoms with E-state index in [1.54, 1.807) is 11.9 Å². The summed E-state index contributed by atoms with van der Waals surface area (Å²) in [6, 6.07) is 15.1. The summed E-state index contributed by atoms with van der Waals surface area (Å²) in [7, 11) is 1.76. The topological polar surface area (TPSA) is 46.3 Å². The molecule has 0 aliphatic heterocycles. The van der Waals surface area contributed by atoms with Crippen molar-refractivity contribution in [3.8, 4) is 0 Å². The van der Waals surface area contributed by atoms with E-state index in [9.17, 15) is 4.79 Å². The molecule has 0 saturated heterocycles. The molecule has 0 radical (unpaired) electrons. The second kappa shape index (κ2) is 6.83. The number of amides is 1. The van der Waals surface area contributed by atoms with Crippen molar-refractivity contribution in [2.45, 2.75) is 6.42 Å². The zero-order valence-electron chi connectivity index (χ0n) is 11.5. The zero-order chi connectivity index (χ0) is 15.4. The number of carbonyl (C=O) groups excluding carboxylic acids is 1. The maximum Gasteiger partial charge on any atom is 0.231 e. The summed E-state index contributed by atoms with van der Waals surface area (Å²) in [6.45, 7) is 0. The second-order valence-corrected chi connectivity index (χ2v) is 6.02. The fourth-order valence-electron chi connectivity index (χ4n) is 1.89. The van der Waals surface area contributed by atoms with Gasteiger partial charge in [0.15, 0.2) is 0 Å². The average Bonchev–Trinajstić information content (AvgIpc) is 2.49. The molecule has 0 bridgehead atoms. The molecule has 0 aromatic heterocycles. The monoisotopic (exact) mass is 362 g/mol. The van der Waals surface area contributed by atoms with E-state index in [-0.39, 0.29) is 5.91 Å². The third-order valence-corrected chi connectivity index (χ3v) is 3.95. The van der Waals surface area contributed by atoms with E-state index in [0.29, 0.717) is 11.4 Å². The molecule has 0 heterocycles. The first-order chi connectivity index (χ1) is 9.97. The van der Waals surface area contributed by atoms with Crippen LogP contribution >= 0.6 is 28.1 Å². The summed E-state index contributed by atoms with van der Waals surface area (Å²) >= 11 is 8.29. The highest BCUT2D eigenvalue weighted by Crippen LogP contribution is 2.16. The fraction of sp³-hybridized carbons (Fsp3) is 0.125. The summed E-state index contributed by atoms with van der Waals surface area (Å²) in [6.07, 6.45) is 0.362. The molecule has 0 spiro atoms. The molecule has 2 N–H and O–H groups in total. The molecule has 0 aliphatic carbocycles. The molecule has 2 aromatic rings. The lowest BCUT2D eigenvalue weighted by Crippen LogP contribution is -2.27. The van der Waals surface area contributed by atoms with Crippen molar-refractivity contribution in [3.05, 3.63) is 64.1 Å². The quantitative estimate of drug-likeness (QED) is 0.848. The lowest BCUT2D eigenvalue weighted by atomic mass is 10.1. The summed E-state index contributed by atoms with van der Waals surface area (Å²) in [5.74, 6) is 0.0281. The average molecular weight is 363 g/mol. The number of nitrogens with two attached hydrogens (primary N) is 1. The van der Waals surface area contributed by atoms with Gasteiger partial charge in [-0.2, -0.15) is 0 Å². The van der Waals surface area contributed by atoms with Crippen molar-refractivity contribution in [2.24, 2.45) is 5.73 Å². The third-order valence-electron chi connectivity index (χ3n) is 3.18. The molecule has 3 nitrogen and oxygen atoms in total. The summed E-state index contributed by atoms with van der Waals surface area (Å²) in [4.78, 5) is 14.3. The van der Waals surface area contributed by atoms with Gasteiger partial charge >= 0.3 is 0 Å². The minimum atomic E-state index is 0.0281. The van der Waals surface area contributed by atoms with Crippen molar-refractivity contribution in [1.29, 1.82) is 0 Å². The highest BCUT2D eigenvalue weighted by molar-refractivity contribution is 9.10. The van der Waals surface area contributed by atoms with Gasteiger partial charge in [-0.15, -0.1) is 0 Å².